The summed E-state index contributed by atoms with van der Waals surface area (Å²) in [6.07, 6.45) is 8.00. The van der Waals surface area contributed by atoms with Gasteiger partial charge in [-0.1, -0.05) is 38.5 Å². The van der Waals surface area contributed by atoms with Gasteiger partial charge in [-0.2, -0.15) is 0 Å². The second kappa shape index (κ2) is 6.82. The number of para-hydroxylation sites is 1. The van der Waals surface area contributed by atoms with E-state index in [-0.39, 0.29) is 0 Å². The minimum absolute atomic E-state index is 0.744. The van der Waals surface area contributed by atoms with E-state index in [4.69, 9.17) is 0 Å². The van der Waals surface area contributed by atoms with Crippen LogP contribution >= 0.6 is 0 Å². The number of rotatable bonds is 5. The number of hydrogen-bond donors (Lipinski definition) is 0. The van der Waals surface area contributed by atoms with E-state index in [2.05, 4.69) is 43.0 Å². The Kier molecular flexibility index (Phi) is 5.10. The minimum atomic E-state index is 0.744. The van der Waals surface area contributed by atoms with Gasteiger partial charge in [-0.05, 0) is 49.7 Å². The van der Waals surface area contributed by atoms with Gasteiger partial charge in [0.25, 0.3) is 0 Å². The second-order valence-electron chi connectivity index (χ2n) is 5.50. The van der Waals surface area contributed by atoms with E-state index in [0.717, 1.165) is 5.92 Å². The van der Waals surface area contributed by atoms with Crippen LogP contribution in [0.4, 0.5) is 5.69 Å². The van der Waals surface area contributed by atoms with Gasteiger partial charge in [-0.15, -0.1) is 0 Å². The van der Waals surface area contributed by atoms with Crippen LogP contribution in [-0.2, 0) is 0 Å². The fourth-order valence-corrected chi connectivity index (χ4v) is 3.18. The van der Waals surface area contributed by atoms with E-state index in [9.17, 15) is 0 Å². The van der Waals surface area contributed by atoms with Crippen LogP contribution in [0.1, 0.15) is 63.9 Å². The third-order valence-electron chi connectivity index (χ3n) is 4.20. The van der Waals surface area contributed by atoms with Gasteiger partial charge in [0, 0.05) is 18.8 Å². The lowest BCUT2D eigenvalue weighted by atomic mass is 9.90. The van der Waals surface area contributed by atoms with Gasteiger partial charge in [0.1, 0.15) is 0 Å². The summed E-state index contributed by atoms with van der Waals surface area (Å²) in [5.41, 5.74) is 3.10. The molecule has 1 aliphatic heterocycles. The smallest absolute Gasteiger partial charge is 0.0401 e. The number of nitrogens with zero attached hydrogens (tertiary/aromatic N) is 1. The standard InChI is InChI=1S/C17H27N/c1-3-10-15(4-2)16-11-6-7-12-17(16)18-13-8-5-9-14-18/h6-7,11-12,15H,3-5,8-10,13-14H2,1-2H3. The summed E-state index contributed by atoms with van der Waals surface area (Å²) >= 11 is 0. The molecule has 1 saturated heterocycles. The van der Waals surface area contributed by atoms with Crippen molar-refractivity contribution in [2.45, 2.75) is 58.3 Å². The van der Waals surface area contributed by atoms with E-state index < -0.39 is 0 Å². The molecule has 0 N–H and O–H groups in total. The first-order valence-corrected chi connectivity index (χ1v) is 7.70. The van der Waals surface area contributed by atoms with Crippen LogP contribution in [0, 0.1) is 0 Å². The molecular weight excluding hydrogens is 218 g/mol. The number of benzene rings is 1. The van der Waals surface area contributed by atoms with E-state index in [0.29, 0.717) is 0 Å². The van der Waals surface area contributed by atoms with Crippen molar-refractivity contribution in [2.75, 3.05) is 18.0 Å². The zero-order valence-corrected chi connectivity index (χ0v) is 12.0. The van der Waals surface area contributed by atoms with E-state index >= 15 is 0 Å². The highest BCUT2D eigenvalue weighted by Crippen LogP contribution is 2.33. The third-order valence-corrected chi connectivity index (χ3v) is 4.20. The van der Waals surface area contributed by atoms with Crippen LogP contribution in [0.5, 0.6) is 0 Å². The third kappa shape index (κ3) is 3.07. The molecule has 1 nitrogen and oxygen atoms in total. The summed E-state index contributed by atoms with van der Waals surface area (Å²) in [7, 11) is 0. The van der Waals surface area contributed by atoms with E-state index in [1.807, 2.05) is 0 Å². The summed E-state index contributed by atoms with van der Waals surface area (Å²) in [4.78, 5) is 2.61. The van der Waals surface area contributed by atoms with Crippen LogP contribution in [-0.4, -0.2) is 13.1 Å². The maximum atomic E-state index is 2.61. The SMILES string of the molecule is CCCC(CC)c1ccccc1N1CCCCC1. The Labute approximate surface area is 112 Å². The average molecular weight is 245 g/mol. The fourth-order valence-electron chi connectivity index (χ4n) is 3.18. The summed E-state index contributed by atoms with van der Waals surface area (Å²) < 4.78 is 0. The normalized spacial score (nSPS) is 17.8. The van der Waals surface area contributed by atoms with Gasteiger partial charge in [-0.3, -0.25) is 0 Å². The van der Waals surface area contributed by atoms with Crippen molar-refractivity contribution < 1.29 is 0 Å². The molecular formula is C17H27N. The molecule has 1 aromatic rings. The summed E-state index contributed by atoms with van der Waals surface area (Å²) in [6.45, 7) is 7.12. The largest absolute Gasteiger partial charge is 0.371 e. The van der Waals surface area contributed by atoms with Gasteiger partial charge in [0.15, 0.2) is 0 Å². The molecule has 1 heteroatoms. The molecule has 0 radical (unpaired) electrons. The van der Waals surface area contributed by atoms with Crippen molar-refractivity contribution in [3.05, 3.63) is 29.8 Å². The quantitative estimate of drug-likeness (QED) is 0.708. The summed E-state index contributed by atoms with van der Waals surface area (Å²) in [6, 6.07) is 9.10. The van der Waals surface area contributed by atoms with Crippen molar-refractivity contribution >= 4 is 5.69 Å². The van der Waals surface area contributed by atoms with E-state index in [1.54, 1.807) is 5.56 Å². The van der Waals surface area contributed by atoms with Gasteiger partial charge in [-0.25, -0.2) is 0 Å². The Morgan fingerprint density at radius 3 is 2.44 bits per heavy atom. The minimum Gasteiger partial charge on any atom is -0.371 e. The molecule has 100 valence electrons. The molecule has 0 spiro atoms. The first-order valence-electron chi connectivity index (χ1n) is 7.70. The highest BCUT2D eigenvalue weighted by Gasteiger charge is 2.18. The Hall–Kier alpha value is -0.980. The average Bonchev–Trinajstić information content (AvgIpc) is 2.46. The zero-order valence-electron chi connectivity index (χ0n) is 12.0. The van der Waals surface area contributed by atoms with Crippen LogP contribution < -0.4 is 4.90 Å². The van der Waals surface area contributed by atoms with Crippen molar-refractivity contribution in [3.8, 4) is 0 Å². The molecule has 0 bridgehead atoms. The first-order chi connectivity index (χ1) is 8.86. The lowest BCUT2D eigenvalue weighted by molar-refractivity contribution is 0.562. The molecule has 1 aliphatic rings. The van der Waals surface area contributed by atoms with Gasteiger partial charge >= 0.3 is 0 Å². The molecule has 0 amide bonds. The lowest BCUT2D eigenvalue weighted by Crippen LogP contribution is -2.30. The Morgan fingerprint density at radius 1 is 1.06 bits per heavy atom. The topological polar surface area (TPSA) is 3.24 Å². The predicted octanol–water partition coefficient (Wildman–Crippen LogP) is 4.97. The van der Waals surface area contributed by atoms with Gasteiger partial charge in [0.05, 0.1) is 0 Å². The predicted molar refractivity (Wildman–Crippen MR) is 80.4 cm³/mol. The molecule has 1 atom stereocenters. The molecule has 2 rings (SSSR count). The molecule has 1 unspecified atom stereocenters. The number of piperidine rings is 1. The molecule has 0 saturated carbocycles. The van der Waals surface area contributed by atoms with Crippen LogP contribution in [0.2, 0.25) is 0 Å². The Balaban J connectivity index is 2.23. The highest BCUT2D eigenvalue weighted by molar-refractivity contribution is 5.55. The number of anilines is 1. The van der Waals surface area contributed by atoms with Crippen molar-refractivity contribution in [1.82, 2.24) is 0 Å². The van der Waals surface area contributed by atoms with Crippen molar-refractivity contribution in [1.29, 1.82) is 0 Å². The van der Waals surface area contributed by atoms with E-state index in [1.165, 1.54) is 57.3 Å². The van der Waals surface area contributed by atoms with Crippen LogP contribution in [0.3, 0.4) is 0 Å². The Morgan fingerprint density at radius 2 is 1.78 bits per heavy atom. The fraction of sp³-hybridized carbons (Fsp3) is 0.647. The first kappa shape index (κ1) is 13.5. The molecule has 1 heterocycles. The molecule has 0 aromatic heterocycles. The maximum Gasteiger partial charge on any atom is 0.0401 e. The molecule has 1 aromatic carbocycles. The highest BCUT2D eigenvalue weighted by atomic mass is 15.1. The maximum absolute atomic E-state index is 2.61. The summed E-state index contributed by atoms with van der Waals surface area (Å²) in [5.74, 6) is 0.744. The zero-order chi connectivity index (χ0) is 12.8. The van der Waals surface area contributed by atoms with Crippen LogP contribution in [0.25, 0.3) is 0 Å². The molecule has 18 heavy (non-hydrogen) atoms. The molecule has 1 fully saturated rings. The summed E-state index contributed by atoms with van der Waals surface area (Å²) in [5, 5.41) is 0. The second-order valence-corrected chi connectivity index (χ2v) is 5.50. The molecule has 0 aliphatic carbocycles. The van der Waals surface area contributed by atoms with Crippen molar-refractivity contribution in [2.24, 2.45) is 0 Å². The van der Waals surface area contributed by atoms with Gasteiger partial charge < -0.3 is 4.90 Å². The lowest BCUT2D eigenvalue weighted by Gasteiger charge is -2.32. The number of hydrogen-bond acceptors (Lipinski definition) is 1. The monoisotopic (exact) mass is 245 g/mol. The van der Waals surface area contributed by atoms with Crippen molar-refractivity contribution in [3.63, 3.8) is 0 Å². The Bertz CT molecular complexity index is 329. The van der Waals surface area contributed by atoms with Crippen LogP contribution in [0.15, 0.2) is 24.3 Å². The van der Waals surface area contributed by atoms with Gasteiger partial charge in [0.2, 0.25) is 0 Å².